The number of amides is 2. The summed E-state index contributed by atoms with van der Waals surface area (Å²) in [7, 11) is 1.19. The molecule has 35 heavy (non-hydrogen) atoms. The molecule has 0 aliphatic rings. The number of esters is 1. The summed E-state index contributed by atoms with van der Waals surface area (Å²) < 4.78 is 4.82. The molecule has 8 heteroatoms. The van der Waals surface area contributed by atoms with Crippen molar-refractivity contribution in [3.05, 3.63) is 107 Å². The molecule has 0 aliphatic heterocycles. The van der Waals surface area contributed by atoms with Gasteiger partial charge in [0.05, 0.1) is 24.8 Å². The number of benzene rings is 3. The van der Waals surface area contributed by atoms with Crippen LogP contribution in [0.2, 0.25) is 0 Å². The summed E-state index contributed by atoms with van der Waals surface area (Å²) in [4.78, 5) is 38.2. The summed E-state index contributed by atoms with van der Waals surface area (Å²) in [5.41, 5.74) is 1.91. The quantitative estimate of drug-likeness (QED) is 0.411. The molecular weight excluding hydrogens is 446 g/mol. The lowest BCUT2D eigenvalue weighted by Gasteiger charge is -2.26. The van der Waals surface area contributed by atoms with Crippen LogP contribution < -0.4 is 10.6 Å². The monoisotopic (exact) mass is 471 g/mol. The number of nitrogens with zero attached hydrogens (tertiary/aromatic N) is 1. The van der Waals surface area contributed by atoms with Gasteiger partial charge in [-0.1, -0.05) is 60.7 Å². The van der Waals surface area contributed by atoms with E-state index in [0.29, 0.717) is 22.3 Å². The number of carbonyl (C=O) groups is 3. The Bertz CT molecular complexity index is 1210. The molecule has 3 atom stereocenters. The maximum atomic E-state index is 13.0. The van der Waals surface area contributed by atoms with Crippen molar-refractivity contribution in [3.63, 3.8) is 0 Å². The summed E-state index contributed by atoms with van der Waals surface area (Å²) >= 11 is 0. The minimum atomic E-state index is -1.71. The zero-order valence-corrected chi connectivity index (χ0v) is 19.0. The molecule has 0 saturated carbocycles. The van der Waals surface area contributed by atoms with Gasteiger partial charge in [-0.25, -0.2) is 4.79 Å². The predicted octanol–water partition coefficient (Wildman–Crippen LogP) is 2.29. The number of rotatable bonds is 9. The average Bonchev–Trinajstić information content (AvgIpc) is 2.91. The molecule has 0 fully saturated rings. The van der Waals surface area contributed by atoms with Gasteiger partial charge in [-0.15, -0.1) is 0 Å². The molecule has 0 heterocycles. The van der Waals surface area contributed by atoms with Crippen LogP contribution in [0.5, 0.6) is 0 Å². The zero-order chi connectivity index (χ0) is 25.2. The Morgan fingerprint density at radius 1 is 0.943 bits per heavy atom. The summed E-state index contributed by atoms with van der Waals surface area (Å²) in [5.74, 6) is -2.04. The smallest absolute Gasteiger partial charge is 0.328 e. The van der Waals surface area contributed by atoms with Crippen molar-refractivity contribution in [2.45, 2.75) is 24.6 Å². The molecule has 3 aromatic carbocycles. The molecule has 0 unspecified atom stereocenters. The van der Waals surface area contributed by atoms with Crippen molar-refractivity contribution in [3.8, 4) is 6.07 Å². The first kappa shape index (κ1) is 25.1. The lowest BCUT2D eigenvalue weighted by atomic mass is 9.99. The van der Waals surface area contributed by atoms with E-state index in [1.54, 1.807) is 84.9 Å². The van der Waals surface area contributed by atoms with Gasteiger partial charge in [-0.2, -0.15) is 5.26 Å². The molecule has 3 aromatic rings. The summed E-state index contributed by atoms with van der Waals surface area (Å²) in [6, 6.07) is 23.4. The highest BCUT2D eigenvalue weighted by atomic mass is 16.5. The van der Waals surface area contributed by atoms with Gasteiger partial charge in [-0.3, -0.25) is 9.59 Å². The lowest BCUT2D eigenvalue weighted by Crippen LogP contribution is -2.51. The second kappa shape index (κ2) is 12.1. The maximum absolute atomic E-state index is 13.0. The third-order valence-electron chi connectivity index (χ3n) is 5.36. The van der Waals surface area contributed by atoms with E-state index in [4.69, 9.17) is 10.00 Å². The van der Waals surface area contributed by atoms with Crippen LogP contribution in [-0.4, -0.2) is 42.1 Å². The summed E-state index contributed by atoms with van der Waals surface area (Å²) in [6.07, 6.45) is -1.66. The van der Waals surface area contributed by atoms with Gasteiger partial charge < -0.3 is 20.5 Å². The van der Waals surface area contributed by atoms with Crippen molar-refractivity contribution in [1.82, 2.24) is 10.6 Å². The Balaban J connectivity index is 1.81. The van der Waals surface area contributed by atoms with E-state index in [0.717, 1.165) is 0 Å². The number of aliphatic hydroxyl groups excluding tert-OH is 1. The van der Waals surface area contributed by atoms with Gasteiger partial charge in [0.25, 0.3) is 11.8 Å². The molecule has 0 aromatic heterocycles. The first-order valence-electron chi connectivity index (χ1n) is 10.9. The molecule has 3 rings (SSSR count). The number of aliphatic hydroxyl groups is 1. The van der Waals surface area contributed by atoms with E-state index in [1.165, 1.54) is 7.11 Å². The first-order valence-corrected chi connectivity index (χ1v) is 10.9. The van der Waals surface area contributed by atoms with Crippen LogP contribution in [0.1, 0.15) is 33.1 Å². The second-order valence-electron chi connectivity index (χ2n) is 7.77. The van der Waals surface area contributed by atoms with Crippen LogP contribution in [-0.2, 0) is 20.7 Å². The van der Waals surface area contributed by atoms with E-state index in [-0.39, 0.29) is 6.42 Å². The van der Waals surface area contributed by atoms with Crippen LogP contribution in [0.4, 0.5) is 0 Å². The molecule has 178 valence electrons. The predicted molar refractivity (Wildman–Crippen MR) is 128 cm³/mol. The van der Waals surface area contributed by atoms with Crippen LogP contribution in [0, 0.1) is 11.3 Å². The van der Waals surface area contributed by atoms with E-state index < -0.39 is 36.0 Å². The Kier molecular flexibility index (Phi) is 8.70. The topological polar surface area (TPSA) is 129 Å². The van der Waals surface area contributed by atoms with Gasteiger partial charge in [0.2, 0.25) is 0 Å². The molecule has 0 bridgehead atoms. The molecule has 0 spiro atoms. The molecular formula is C27H25N3O5. The molecule has 2 amide bonds. The zero-order valence-electron chi connectivity index (χ0n) is 19.0. The third-order valence-corrected chi connectivity index (χ3v) is 5.36. The summed E-state index contributed by atoms with van der Waals surface area (Å²) in [6.45, 7) is 0. The van der Waals surface area contributed by atoms with Gasteiger partial charge in [0.15, 0.2) is 6.10 Å². The van der Waals surface area contributed by atoms with Gasteiger partial charge >= 0.3 is 5.97 Å². The van der Waals surface area contributed by atoms with Crippen molar-refractivity contribution in [1.29, 1.82) is 5.26 Å². The molecule has 0 saturated heterocycles. The number of methoxy groups -OCH3 is 1. The maximum Gasteiger partial charge on any atom is 0.328 e. The minimum absolute atomic E-state index is 0.0486. The van der Waals surface area contributed by atoms with Gasteiger partial charge in [0.1, 0.15) is 6.04 Å². The SMILES string of the molecule is COC(=O)[C@H](Cc1cccc(C#N)c1)NC(=O)[C@H](O)[C@@H](NC(=O)c1ccccc1)c1ccccc1. The normalized spacial score (nSPS) is 12.9. The number of nitrogens with one attached hydrogen (secondary N) is 2. The number of carbonyl (C=O) groups excluding carboxylic acids is 3. The first-order chi connectivity index (χ1) is 16.9. The molecule has 3 N–H and O–H groups in total. The standard InChI is InChI=1S/C27H25N3O5/c1-35-27(34)22(16-18-9-8-10-19(15-18)17-28)29-26(33)24(31)23(20-11-4-2-5-12-20)30-25(32)21-13-6-3-7-14-21/h2-15,22-24,31H,16H2,1H3,(H,29,33)(H,30,32)/t22-,23-,24+/m0/s1. The fourth-order valence-electron chi connectivity index (χ4n) is 3.57. The van der Waals surface area contributed by atoms with Crippen LogP contribution in [0.15, 0.2) is 84.9 Å². The van der Waals surface area contributed by atoms with Crippen LogP contribution in [0.3, 0.4) is 0 Å². The van der Waals surface area contributed by atoms with Gasteiger partial charge in [0, 0.05) is 12.0 Å². The number of nitriles is 1. The van der Waals surface area contributed by atoms with E-state index in [1.807, 2.05) is 6.07 Å². The Hall–Kier alpha value is -4.48. The highest BCUT2D eigenvalue weighted by Crippen LogP contribution is 2.19. The molecule has 0 radical (unpaired) electrons. The molecule has 0 aliphatic carbocycles. The van der Waals surface area contributed by atoms with Gasteiger partial charge in [-0.05, 0) is 35.4 Å². The number of hydrogen-bond acceptors (Lipinski definition) is 6. The lowest BCUT2D eigenvalue weighted by molar-refractivity contribution is -0.146. The highest BCUT2D eigenvalue weighted by molar-refractivity contribution is 5.95. The summed E-state index contributed by atoms with van der Waals surface area (Å²) in [5, 5.41) is 25.3. The van der Waals surface area contributed by atoms with E-state index >= 15 is 0 Å². The Labute approximate surface area is 203 Å². The largest absolute Gasteiger partial charge is 0.467 e. The van der Waals surface area contributed by atoms with E-state index in [2.05, 4.69) is 10.6 Å². The average molecular weight is 472 g/mol. The fourth-order valence-corrected chi connectivity index (χ4v) is 3.57. The number of ether oxygens (including phenoxy) is 1. The molecule has 8 nitrogen and oxygen atoms in total. The Morgan fingerprint density at radius 3 is 2.23 bits per heavy atom. The van der Waals surface area contributed by atoms with Crippen molar-refractivity contribution >= 4 is 17.8 Å². The van der Waals surface area contributed by atoms with Crippen LogP contribution >= 0.6 is 0 Å². The van der Waals surface area contributed by atoms with Crippen molar-refractivity contribution in [2.75, 3.05) is 7.11 Å². The van der Waals surface area contributed by atoms with Crippen LogP contribution in [0.25, 0.3) is 0 Å². The highest BCUT2D eigenvalue weighted by Gasteiger charge is 2.32. The Morgan fingerprint density at radius 2 is 1.60 bits per heavy atom. The number of hydrogen-bond donors (Lipinski definition) is 3. The van der Waals surface area contributed by atoms with Crippen molar-refractivity contribution in [2.24, 2.45) is 0 Å². The second-order valence-corrected chi connectivity index (χ2v) is 7.77. The van der Waals surface area contributed by atoms with Crippen molar-refractivity contribution < 1.29 is 24.2 Å². The minimum Gasteiger partial charge on any atom is -0.467 e. The third kappa shape index (κ3) is 6.76. The van der Waals surface area contributed by atoms with E-state index in [9.17, 15) is 19.5 Å². The fraction of sp³-hybridized carbons (Fsp3) is 0.185.